The van der Waals surface area contributed by atoms with E-state index < -0.39 is 6.10 Å². The van der Waals surface area contributed by atoms with E-state index in [-0.39, 0.29) is 11.7 Å². The molecular weight excluding hydrogens is 299 g/mol. The smallest absolute Gasteiger partial charge is 0.254 e. The summed E-state index contributed by atoms with van der Waals surface area (Å²) in [5, 5.41) is 14.0. The molecule has 0 aliphatic carbocycles. The van der Waals surface area contributed by atoms with Gasteiger partial charge in [-0.2, -0.15) is 0 Å². The number of hydrogen-bond acceptors (Lipinski definition) is 4. The molecule has 1 saturated heterocycles. The highest BCUT2D eigenvalue weighted by molar-refractivity contribution is 6.01. The Hall–Kier alpha value is -2.73. The number of nitrogens with zero attached hydrogens (tertiary/aromatic N) is 2. The number of rotatable bonds is 2. The first-order valence-corrected chi connectivity index (χ1v) is 7.24. The third kappa shape index (κ3) is 2.37. The van der Waals surface area contributed by atoms with Gasteiger partial charge < -0.3 is 14.5 Å². The summed E-state index contributed by atoms with van der Waals surface area (Å²) < 4.78 is 18.4. The van der Waals surface area contributed by atoms with Crippen molar-refractivity contribution < 1.29 is 18.8 Å². The Labute approximate surface area is 130 Å². The topological polar surface area (TPSA) is 66.6 Å². The number of fused-ring (bicyclic) bond motifs is 1. The standard InChI is InChI=1S/C17H13FN2O3/c18-12-4-1-10(2-5-12)16-14-7-11(3-6-15(14)19-23-16)17(22)20-8-13(21)9-20/h1-7,13,21H,8-9H2. The van der Waals surface area contributed by atoms with Crippen molar-refractivity contribution in [2.45, 2.75) is 6.10 Å². The van der Waals surface area contributed by atoms with Crippen LogP contribution in [0, 0.1) is 5.82 Å². The lowest BCUT2D eigenvalue weighted by molar-refractivity contribution is 0.00591. The molecule has 23 heavy (non-hydrogen) atoms. The minimum absolute atomic E-state index is 0.136. The fourth-order valence-corrected chi connectivity index (χ4v) is 2.69. The summed E-state index contributed by atoms with van der Waals surface area (Å²) in [6.45, 7) is 0.705. The Morgan fingerprint density at radius 1 is 1.22 bits per heavy atom. The second kappa shape index (κ2) is 5.17. The molecule has 0 radical (unpaired) electrons. The molecule has 2 heterocycles. The highest BCUT2D eigenvalue weighted by Gasteiger charge is 2.29. The van der Waals surface area contributed by atoms with Crippen LogP contribution < -0.4 is 0 Å². The van der Waals surface area contributed by atoms with Crippen LogP contribution in [0.4, 0.5) is 4.39 Å². The second-order valence-corrected chi connectivity index (χ2v) is 5.61. The van der Waals surface area contributed by atoms with E-state index in [9.17, 15) is 14.3 Å². The Morgan fingerprint density at radius 2 is 1.96 bits per heavy atom. The number of aliphatic hydroxyl groups is 1. The largest absolute Gasteiger partial charge is 0.389 e. The number of hydrogen-bond donors (Lipinski definition) is 1. The third-order valence-electron chi connectivity index (χ3n) is 3.98. The fourth-order valence-electron chi connectivity index (χ4n) is 2.69. The van der Waals surface area contributed by atoms with Crippen LogP contribution in [0.25, 0.3) is 22.2 Å². The van der Waals surface area contributed by atoms with Crippen molar-refractivity contribution in [1.82, 2.24) is 10.1 Å². The van der Waals surface area contributed by atoms with Crippen molar-refractivity contribution in [2.24, 2.45) is 0 Å². The highest BCUT2D eigenvalue weighted by Crippen LogP contribution is 2.30. The number of aromatic nitrogens is 1. The molecule has 4 rings (SSSR count). The minimum Gasteiger partial charge on any atom is -0.389 e. The monoisotopic (exact) mass is 312 g/mol. The molecule has 1 aliphatic heterocycles. The van der Waals surface area contributed by atoms with E-state index in [1.165, 1.54) is 12.1 Å². The summed E-state index contributed by atoms with van der Waals surface area (Å²) in [5.41, 5.74) is 1.83. The molecule has 6 heteroatoms. The Morgan fingerprint density at radius 3 is 2.65 bits per heavy atom. The van der Waals surface area contributed by atoms with Crippen LogP contribution in [-0.4, -0.2) is 40.3 Å². The summed E-state index contributed by atoms with van der Waals surface area (Å²) >= 11 is 0. The number of carbonyl (C=O) groups excluding carboxylic acids is 1. The van der Waals surface area contributed by atoms with Crippen molar-refractivity contribution in [3.63, 3.8) is 0 Å². The molecule has 1 aliphatic rings. The van der Waals surface area contributed by atoms with Crippen LogP contribution >= 0.6 is 0 Å². The van der Waals surface area contributed by atoms with Gasteiger partial charge in [-0.3, -0.25) is 4.79 Å². The van der Waals surface area contributed by atoms with Gasteiger partial charge in [-0.25, -0.2) is 4.39 Å². The molecule has 2 aromatic carbocycles. The summed E-state index contributed by atoms with van der Waals surface area (Å²) in [6, 6.07) is 11.0. The van der Waals surface area contributed by atoms with Crippen LogP contribution in [0.5, 0.6) is 0 Å². The number of aliphatic hydroxyl groups excluding tert-OH is 1. The third-order valence-corrected chi connectivity index (χ3v) is 3.98. The van der Waals surface area contributed by atoms with E-state index in [0.717, 1.165) is 0 Å². The van der Waals surface area contributed by atoms with Gasteiger partial charge in [-0.15, -0.1) is 0 Å². The van der Waals surface area contributed by atoms with Gasteiger partial charge in [0.15, 0.2) is 5.76 Å². The number of β-amino-alcohol motifs (C(OH)–C–C–N with tert-alkyl or cyclic N) is 1. The van der Waals surface area contributed by atoms with Crippen molar-refractivity contribution in [2.75, 3.05) is 13.1 Å². The van der Waals surface area contributed by atoms with E-state index in [1.807, 2.05) is 0 Å². The maximum Gasteiger partial charge on any atom is 0.254 e. The molecule has 1 aromatic heterocycles. The number of benzene rings is 2. The molecule has 0 spiro atoms. The number of carbonyl (C=O) groups is 1. The van der Waals surface area contributed by atoms with Crippen molar-refractivity contribution in [1.29, 1.82) is 0 Å². The maximum atomic E-state index is 13.1. The second-order valence-electron chi connectivity index (χ2n) is 5.61. The Bertz CT molecular complexity index is 882. The van der Waals surface area contributed by atoms with E-state index >= 15 is 0 Å². The summed E-state index contributed by atoms with van der Waals surface area (Å²) in [6.07, 6.45) is -0.437. The molecule has 116 valence electrons. The first-order chi connectivity index (χ1) is 11.1. The van der Waals surface area contributed by atoms with Gasteiger partial charge in [0.2, 0.25) is 0 Å². The molecule has 0 saturated carbocycles. The Kier molecular flexibility index (Phi) is 3.12. The average Bonchev–Trinajstić information content (AvgIpc) is 2.95. The lowest BCUT2D eigenvalue weighted by Crippen LogP contribution is -2.53. The highest BCUT2D eigenvalue weighted by atomic mass is 19.1. The van der Waals surface area contributed by atoms with Gasteiger partial charge in [0, 0.05) is 24.2 Å². The predicted molar refractivity (Wildman–Crippen MR) is 81.3 cm³/mol. The van der Waals surface area contributed by atoms with Gasteiger partial charge in [-0.1, -0.05) is 5.16 Å². The minimum atomic E-state index is -0.437. The zero-order valence-electron chi connectivity index (χ0n) is 12.1. The van der Waals surface area contributed by atoms with Gasteiger partial charge in [0.25, 0.3) is 5.91 Å². The van der Waals surface area contributed by atoms with Gasteiger partial charge in [0.1, 0.15) is 11.3 Å². The quantitative estimate of drug-likeness (QED) is 0.789. The maximum absolute atomic E-state index is 13.1. The molecule has 1 N–H and O–H groups in total. The summed E-state index contributed by atoms with van der Waals surface area (Å²) in [5.74, 6) is 0.0338. The molecule has 0 atom stereocenters. The van der Waals surface area contributed by atoms with E-state index in [0.29, 0.717) is 40.9 Å². The van der Waals surface area contributed by atoms with Crippen LogP contribution in [0.1, 0.15) is 10.4 Å². The normalized spacial score (nSPS) is 15.0. The molecule has 3 aromatic rings. The van der Waals surface area contributed by atoms with Crippen LogP contribution in [-0.2, 0) is 0 Å². The van der Waals surface area contributed by atoms with Gasteiger partial charge >= 0.3 is 0 Å². The summed E-state index contributed by atoms with van der Waals surface area (Å²) in [7, 11) is 0. The van der Waals surface area contributed by atoms with Crippen LogP contribution in [0.15, 0.2) is 47.0 Å². The zero-order valence-corrected chi connectivity index (χ0v) is 12.1. The predicted octanol–water partition coefficient (Wildman–Crippen LogP) is 2.45. The van der Waals surface area contributed by atoms with Crippen molar-refractivity contribution in [3.8, 4) is 11.3 Å². The first kappa shape index (κ1) is 13.9. The molecule has 5 nitrogen and oxygen atoms in total. The molecule has 1 amide bonds. The molecule has 0 unspecified atom stereocenters. The number of likely N-dealkylation sites (tertiary alicyclic amines) is 1. The van der Waals surface area contributed by atoms with E-state index in [4.69, 9.17) is 4.52 Å². The van der Waals surface area contributed by atoms with Crippen LogP contribution in [0.3, 0.4) is 0 Å². The van der Waals surface area contributed by atoms with E-state index in [2.05, 4.69) is 5.16 Å². The summed E-state index contributed by atoms with van der Waals surface area (Å²) in [4.78, 5) is 13.9. The van der Waals surface area contributed by atoms with Crippen LogP contribution in [0.2, 0.25) is 0 Å². The number of amides is 1. The number of halogens is 1. The van der Waals surface area contributed by atoms with Crippen molar-refractivity contribution in [3.05, 3.63) is 53.8 Å². The van der Waals surface area contributed by atoms with Crippen molar-refractivity contribution >= 4 is 16.8 Å². The SMILES string of the molecule is O=C(c1ccc2noc(-c3ccc(F)cc3)c2c1)N1CC(O)C1. The Balaban J connectivity index is 1.74. The lowest BCUT2D eigenvalue weighted by atomic mass is 10.0. The van der Waals surface area contributed by atoms with E-state index in [1.54, 1.807) is 35.2 Å². The fraction of sp³-hybridized carbons (Fsp3) is 0.176. The first-order valence-electron chi connectivity index (χ1n) is 7.24. The molecular formula is C17H13FN2O3. The van der Waals surface area contributed by atoms with Gasteiger partial charge in [-0.05, 0) is 42.5 Å². The van der Waals surface area contributed by atoms with Gasteiger partial charge in [0.05, 0.1) is 11.5 Å². The lowest BCUT2D eigenvalue weighted by Gasteiger charge is -2.35. The molecule has 0 bridgehead atoms. The average molecular weight is 312 g/mol. The molecule has 1 fully saturated rings. The zero-order chi connectivity index (χ0) is 16.0.